The summed E-state index contributed by atoms with van der Waals surface area (Å²) in [6.45, 7) is 0.977. The fourth-order valence-corrected chi connectivity index (χ4v) is 3.17. The van der Waals surface area contributed by atoms with Crippen molar-refractivity contribution in [2.24, 2.45) is 11.8 Å². The van der Waals surface area contributed by atoms with Gasteiger partial charge in [0.2, 0.25) is 5.91 Å². The fraction of sp³-hybridized carbons (Fsp3) is 0.923. The maximum Gasteiger partial charge on any atom is 0.391 e. The van der Waals surface area contributed by atoms with Crippen LogP contribution in [0.4, 0.5) is 13.2 Å². The first-order chi connectivity index (χ1) is 9.30. The summed E-state index contributed by atoms with van der Waals surface area (Å²) >= 11 is 0. The van der Waals surface area contributed by atoms with Gasteiger partial charge in [-0.05, 0) is 25.7 Å². The topological polar surface area (TPSA) is 52.6 Å². The second-order valence-electron chi connectivity index (χ2n) is 5.83. The molecule has 2 N–H and O–H groups in total. The molecule has 2 fully saturated rings. The zero-order chi connectivity index (χ0) is 14.9. The van der Waals surface area contributed by atoms with Crippen LogP contribution in [-0.2, 0) is 4.79 Å². The maximum absolute atomic E-state index is 12.6. The number of nitrogens with zero attached hydrogens (tertiary/aromatic N) is 1. The summed E-state index contributed by atoms with van der Waals surface area (Å²) in [5.74, 6) is -1.75. The highest BCUT2D eigenvalue weighted by molar-refractivity contribution is 5.79. The number of alkyl halides is 3. The highest BCUT2D eigenvalue weighted by atomic mass is 19.4. The fourth-order valence-electron chi connectivity index (χ4n) is 3.17. The minimum atomic E-state index is -4.15. The van der Waals surface area contributed by atoms with Gasteiger partial charge in [0.1, 0.15) is 0 Å². The van der Waals surface area contributed by atoms with Gasteiger partial charge in [-0.15, -0.1) is 0 Å². The van der Waals surface area contributed by atoms with E-state index in [0.717, 1.165) is 0 Å². The van der Waals surface area contributed by atoms with Gasteiger partial charge in [0.05, 0.1) is 18.1 Å². The number of nitrogens with one attached hydrogen (secondary N) is 1. The quantitative estimate of drug-likeness (QED) is 0.803. The third-order valence-corrected chi connectivity index (χ3v) is 4.54. The van der Waals surface area contributed by atoms with Gasteiger partial charge in [-0.3, -0.25) is 4.79 Å². The molecule has 116 valence electrons. The van der Waals surface area contributed by atoms with Gasteiger partial charge in [0.15, 0.2) is 0 Å². The number of β-amino-alcohol motifs (C(OH)–C–C–N with tert-alkyl or cyclic N) is 1. The molecule has 1 saturated heterocycles. The molecule has 1 saturated carbocycles. The Hall–Kier alpha value is -0.820. The van der Waals surface area contributed by atoms with Crippen LogP contribution in [0.15, 0.2) is 0 Å². The van der Waals surface area contributed by atoms with E-state index in [-0.39, 0.29) is 43.6 Å². The summed E-state index contributed by atoms with van der Waals surface area (Å²) < 4.78 is 37.8. The number of rotatable bonds is 2. The third kappa shape index (κ3) is 3.25. The molecule has 0 aromatic carbocycles. The second kappa shape index (κ2) is 5.89. The van der Waals surface area contributed by atoms with Crippen LogP contribution < -0.4 is 5.32 Å². The summed E-state index contributed by atoms with van der Waals surface area (Å²) in [5, 5.41) is 12.7. The van der Waals surface area contributed by atoms with Crippen molar-refractivity contribution in [3.05, 3.63) is 0 Å². The van der Waals surface area contributed by atoms with E-state index in [1.165, 1.54) is 4.90 Å². The van der Waals surface area contributed by atoms with E-state index in [9.17, 15) is 23.1 Å². The second-order valence-corrected chi connectivity index (χ2v) is 5.83. The largest absolute Gasteiger partial charge is 0.391 e. The van der Waals surface area contributed by atoms with Gasteiger partial charge >= 0.3 is 6.18 Å². The van der Waals surface area contributed by atoms with Gasteiger partial charge < -0.3 is 15.3 Å². The van der Waals surface area contributed by atoms with Crippen LogP contribution in [-0.4, -0.2) is 54.4 Å². The molecule has 0 unspecified atom stereocenters. The van der Waals surface area contributed by atoms with Crippen molar-refractivity contribution in [1.82, 2.24) is 10.2 Å². The molecule has 0 bridgehead atoms. The number of halogens is 3. The van der Waals surface area contributed by atoms with E-state index in [1.807, 2.05) is 0 Å². The number of hydrogen-bond donors (Lipinski definition) is 2. The first kappa shape index (κ1) is 15.6. The smallest absolute Gasteiger partial charge is 0.390 e. The Balaban J connectivity index is 1.88. The number of hydrogen-bond acceptors (Lipinski definition) is 3. The lowest BCUT2D eigenvalue weighted by Gasteiger charge is -2.34. The molecule has 1 aliphatic carbocycles. The van der Waals surface area contributed by atoms with E-state index in [1.54, 1.807) is 7.05 Å². The predicted molar refractivity (Wildman–Crippen MR) is 66.9 cm³/mol. The van der Waals surface area contributed by atoms with E-state index in [0.29, 0.717) is 13.1 Å². The van der Waals surface area contributed by atoms with Gasteiger partial charge in [-0.1, -0.05) is 0 Å². The zero-order valence-electron chi connectivity index (χ0n) is 11.5. The molecule has 4 nitrogen and oxygen atoms in total. The minimum Gasteiger partial charge on any atom is -0.390 e. The molecule has 2 atom stereocenters. The Bertz CT molecular complexity index is 354. The normalized spacial score (nSPS) is 35.0. The van der Waals surface area contributed by atoms with Crippen LogP contribution in [0, 0.1) is 11.8 Å². The molecular formula is C13H21F3N2O2. The number of amides is 1. The van der Waals surface area contributed by atoms with Crippen molar-refractivity contribution in [1.29, 1.82) is 0 Å². The molecule has 0 spiro atoms. The van der Waals surface area contributed by atoms with Crippen molar-refractivity contribution in [2.45, 2.75) is 44.0 Å². The van der Waals surface area contributed by atoms with E-state index >= 15 is 0 Å². The first-order valence-corrected chi connectivity index (χ1v) is 7.03. The molecule has 1 amide bonds. The molecule has 1 heterocycles. The summed E-state index contributed by atoms with van der Waals surface area (Å²) in [4.78, 5) is 13.8. The van der Waals surface area contributed by atoms with Crippen LogP contribution in [0.5, 0.6) is 0 Å². The molecule has 0 radical (unpaired) electrons. The molecule has 2 rings (SSSR count). The van der Waals surface area contributed by atoms with Crippen LogP contribution in [0.25, 0.3) is 0 Å². The number of aliphatic hydroxyl groups is 1. The third-order valence-electron chi connectivity index (χ3n) is 4.54. The average Bonchev–Trinajstić information content (AvgIpc) is 2.82. The Morgan fingerprint density at radius 2 is 1.80 bits per heavy atom. The lowest BCUT2D eigenvalue weighted by atomic mass is 9.81. The number of carbonyl (C=O) groups excluding carboxylic acids is 1. The van der Waals surface area contributed by atoms with Crippen LogP contribution >= 0.6 is 0 Å². The standard InChI is InChI=1S/C13H21F3N2O2/c1-18(10-6-17-7-11(10)19)12(20)8-2-4-9(5-3-8)13(14,15)16/h8-11,17,19H,2-7H2,1H3/t8?,9?,10-,11-/m0/s1. The Labute approximate surface area is 116 Å². The van der Waals surface area contributed by atoms with Crippen molar-refractivity contribution in [3.8, 4) is 0 Å². The number of likely N-dealkylation sites (N-methyl/N-ethyl adjacent to an activating group) is 1. The van der Waals surface area contributed by atoms with Crippen molar-refractivity contribution < 1.29 is 23.1 Å². The zero-order valence-corrected chi connectivity index (χ0v) is 11.5. The Kier molecular flexibility index (Phi) is 4.59. The molecule has 2 aliphatic rings. The predicted octanol–water partition coefficient (Wildman–Crippen LogP) is 1.15. The summed E-state index contributed by atoms with van der Waals surface area (Å²) in [6, 6.07) is -0.275. The van der Waals surface area contributed by atoms with Crippen LogP contribution in [0.1, 0.15) is 25.7 Å². The van der Waals surface area contributed by atoms with Crippen LogP contribution in [0.3, 0.4) is 0 Å². The lowest BCUT2D eigenvalue weighted by Crippen LogP contribution is -2.47. The van der Waals surface area contributed by atoms with Gasteiger partial charge in [0, 0.05) is 26.1 Å². The Morgan fingerprint density at radius 1 is 1.20 bits per heavy atom. The molecule has 1 aliphatic heterocycles. The SMILES string of the molecule is CN(C(=O)C1CCC(C(F)(F)F)CC1)[C@H]1CNC[C@@H]1O. The molecule has 0 aromatic heterocycles. The number of aliphatic hydroxyl groups excluding tert-OH is 1. The molecule has 7 heteroatoms. The van der Waals surface area contributed by atoms with Gasteiger partial charge in [-0.25, -0.2) is 0 Å². The highest BCUT2D eigenvalue weighted by Gasteiger charge is 2.43. The monoisotopic (exact) mass is 294 g/mol. The highest BCUT2D eigenvalue weighted by Crippen LogP contribution is 2.40. The average molecular weight is 294 g/mol. The molecule has 20 heavy (non-hydrogen) atoms. The summed E-state index contributed by atoms with van der Waals surface area (Å²) in [6.07, 6.45) is -4.13. The van der Waals surface area contributed by atoms with E-state index in [2.05, 4.69) is 5.32 Å². The van der Waals surface area contributed by atoms with Crippen molar-refractivity contribution in [2.75, 3.05) is 20.1 Å². The Morgan fingerprint density at radius 3 is 2.25 bits per heavy atom. The van der Waals surface area contributed by atoms with Gasteiger partial charge in [-0.2, -0.15) is 13.2 Å². The van der Waals surface area contributed by atoms with E-state index < -0.39 is 18.2 Å². The maximum atomic E-state index is 12.6. The molecular weight excluding hydrogens is 273 g/mol. The van der Waals surface area contributed by atoms with Crippen molar-refractivity contribution >= 4 is 5.91 Å². The van der Waals surface area contributed by atoms with E-state index in [4.69, 9.17) is 0 Å². The first-order valence-electron chi connectivity index (χ1n) is 7.03. The number of carbonyl (C=O) groups is 1. The lowest BCUT2D eigenvalue weighted by molar-refractivity contribution is -0.185. The van der Waals surface area contributed by atoms with Crippen molar-refractivity contribution in [3.63, 3.8) is 0 Å². The van der Waals surface area contributed by atoms with Crippen LogP contribution in [0.2, 0.25) is 0 Å². The minimum absolute atomic E-state index is 0.0270. The summed E-state index contributed by atoms with van der Waals surface area (Å²) in [7, 11) is 1.62. The molecule has 0 aromatic rings. The summed E-state index contributed by atoms with van der Waals surface area (Å²) in [5.41, 5.74) is 0. The van der Waals surface area contributed by atoms with Gasteiger partial charge in [0.25, 0.3) is 0 Å².